The molecular weight excluding hydrogens is 274 g/mol. The summed E-state index contributed by atoms with van der Waals surface area (Å²) in [7, 11) is 1.75. The molecule has 0 spiro atoms. The lowest BCUT2D eigenvalue weighted by Crippen LogP contribution is -2.30. The second kappa shape index (κ2) is 8.39. The second-order valence-corrected chi connectivity index (χ2v) is 4.96. The van der Waals surface area contributed by atoms with E-state index in [4.69, 9.17) is 16.3 Å². The van der Waals surface area contributed by atoms with Crippen LogP contribution in [0.4, 0.5) is 0 Å². The van der Waals surface area contributed by atoms with Crippen LogP contribution in [0.3, 0.4) is 0 Å². The molecule has 7 heteroatoms. The highest BCUT2D eigenvalue weighted by molar-refractivity contribution is 7.07. The smallest absolute Gasteiger partial charge is 0.267 e. The summed E-state index contributed by atoms with van der Waals surface area (Å²) in [6, 6.07) is 0. The van der Waals surface area contributed by atoms with Gasteiger partial charge >= 0.3 is 0 Å². The molecule has 0 saturated carbocycles. The maximum atomic E-state index is 12.1. The number of halogens is 1. The third-order valence-corrected chi connectivity index (χ3v) is 3.29. The normalized spacial score (nSPS) is 10.6. The van der Waals surface area contributed by atoms with Crippen LogP contribution in [0.5, 0.6) is 0 Å². The number of ether oxygens (including phenoxy) is 1. The van der Waals surface area contributed by atoms with Crippen LogP contribution in [0, 0.1) is 0 Å². The Kier molecular flexibility index (Phi) is 7.15. The van der Waals surface area contributed by atoms with Gasteiger partial charge in [-0.05, 0) is 18.0 Å². The van der Waals surface area contributed by atoms with Gasteiger partial charge in [-0.2, -0.15) is 0 Å². The zero-order valence-electron chi connectivity index (χ0n) is 10.7. The predicted octanol–water partition coefficient (Wildman–Crippen LogP) is 1.82. The van der Waals surface area contributed by atoms with Gasteiger partial charge in [0.1, 0.15) is 4.88 Å². The quantitative estimate of drug-likeness (QED) is 0.541. The molecule has 18 heavy (non-hydrogen) atoms. The molecule has 1 aromatic rings. The largest absolute Gasteiger partial charge is 0.378 e. The maximum absolute atomic E-state index is 12.1. The van der Waals surface area contributed by atoms with E-state index in [1.165, 1.54) is 0 Å². The number of aromatic nitrogens is 2. The van der Waals surface area contributed by atoms with Gasteiger partial charge in [-0.1, -0.05) is 17.8 Å². The van der Waals surface area contributed by atoms with E-state index in [0.717, 1.165) is 30.1 Å². The van der Waals surface area contributed by atoms with E-state index >= 15 is 0 Å². The molecule has 1 heterocycles. The van der Waals surface area contributed by atoms with Gasteiger partial charge in [0.15, 0.2) is 0 Å². The Balaban J connectivity index is 2.49. The van der Waals surface area contributed by atoms with Crippen LogP contribution in [-0.2, 0) is 11.2 Å². The van der Waals surface area contributed by atoms with Gasteiger partial charge in [0.05, 0.1) is 18.9 Å². The van der Waals surface area contributed by atoms with Gasteiger partial charge in [0.25, 0.3) is 5.91 Å². The first-order valence-electron chi connectivity index (χ1n) is 5.91. The van der Waals surface area contributed by atoms with Crippen molar-refractivity contribution in [2.75, 3.05) is 32.7 Å². The second-order valence-electron chi connectivity index (χ2n) is 3.83. The fraction of sp³-hybridized carbons (Fsp3) is 0.727. The summed E-state index contributed by atoms with van der Waals surface area (Å²) in [5, 5.41) is 3.99. The minimum Gasteiger partial charge on any atom is -0.378 e. The lowest BCUT2D eigenvalue weighted by Gasteiger charge is -2.16. The van der Waals surface area contributed by atoms with Crippen molar-refractivity contribution < 1.29 is 9.53 Å². The van der Waals surface area contributed by atoms with Gasteiger partial charge < -0.3 is 9.64 Å². The predicted molar refractivity (Wildman–Crippen MR) is 72.4 cm³/mol. The highest BCUT2D eigenvalue weighted by Crippen LogP contribution is 2.14. The van der Waals surface area contributed by atoms with E-state index in [1.54, 1.807) is 11.9 Å². The van der Waals surface area contributed by atoms with E-state index in [0.29, 0.717) is 30.5 Å². The van der Waals surface area contributed by atoms with Gasteiger partial charge in [-0.25, -0.2) is 0 Å². The van der Waals surface area contributed by atoms with Crippen LogP contribution in [0.2, 0.25) is 0 Å². The summed E-state index contributed by atoms with van der Waals surface area (Å²) >= 11 is 6.65. The van der Waals surface area contributed by atoms with E-state index in [1.807, 2.05) is 0 Å². The van der Waals surface area contributed by atoms with Crippen molar-refractivity contribution in [1.82, 2.24) is 14.5 Å². The molecule has 0 aliphatic carbocycles. The van der Waals surface area contributed by atoms with Crippen molar-refractivity contribution in [3.05, 3.63) is 10.6 Å². The SMILES string of the molecule is CCCc1nnsc1C(=O)N(C)CCOCCCl. The summed E-state index contributed by atoms with van der Waals surface area (Å²) < 4.78 is 9.09. The number of hydrogen-bond donors (Lipinski definition) is 0. The number of carbonyl (C=O) groups excluding carboxylic acids is 1. The first-order chi connectivity index (χ1) is 8.70. The van der Waals surface area contributed by atoms with E-state index in [-0.39, 0.29) is 5.91 Å². The Morgan fingerprint density at radius 2 is 2.28 bits per heavy atom. The van der Waals surface area contributed by atoms with Crippen molar-refractivity contribution in [2.45, 2.75) is 19.8 Å². The Labute approximate surface area is 116 Å². The number of carbonyl (C=O) groups is 1. The van der Waals surface area contributed by atoms with Crippen LogP contribution < -0.4 is 0 Å². The molecule has 5 nitrogen and oxygen atoms in total. The fourth-order valence-corrected chi connectivity index (χ4v) is 2.22. The third-order valence-electron chi connectivity index (χ3n) is 2.38. The molecule has 0 saturated heterocycles. The van der Waals surface area contributed by atoms with Crippen LogP contribution in [0.25, 0.3) is 0 Å². The van der Waals surface area contributed by atoms with Crippen molar-refractivity contribution in [1.29, 1.82) is 0 Å². The Hall–Kier alpha value is -0.720. The van der Waals surface area contributed by atoms with Crippen LogP contribution >= 0.6 is 23.1 Å². The molecule has 0 N–H and O–H groups in total. The highest BCUT2D eigenvalue weighted by atomic mass is 35.5. The maximum Gasteiger partial charge on any atom is 0.267 e. The van der Waals surface area contributed by atoms with Crippen molar-refractivity contribution in [3.8, 4) is 0 Å². The molecule has 1 aromatic heterocycles. The molecule has 1 rings (SSSR count). The lowest BCUT2D eigenvalue weighted by atomic mass is 10.2. The average molecular weight is 292 g/mol. The first kappa shape index (κ1) is 15.3. The minimum absolute atomic E-state index is 0.0390. The summed E-state index contributed by atoms with van der Waals surface area (Å²) in [5.74, 6) is 0.430. The molecule has 0 fully saturated rings. The number of amides is 1. The molecule has 0 aliphatic heterocycles. The van der Waals surface area contributed by atoms with E-state index < -0.39 is 0 Å². The van der Waals surface area contributed by atoms with Gasteiger partial charge in [-0.15, -0.1) is 16.7 Å². The van der Waals surface area contributed by atoms with Gasteiger partial charge in [-0.3, -0.25) is 4.79 Å². The number of rotatable bonds is 8. The highest BCUT2D eigenvalue weighted by Gasteiger charge is 2.19. The standard InChI is InChI=1S/C11H18ClN3O2S/c1-3-4-9-10(18-14-13-9)11(16)15(2)6-8-17-7-5-12/h3-8H2,1-2H3. The summed E-state index contributed by atoms with van der Waals surface area (Å²) in [5.41, 5.74) is 0.793. The average Bonchev–Trinajstić information content (AvgIpc) is 2.82. The summed E-state index contributed by atoms with van der Waals surface area (Å²) in [4.78, 5) is 14.4. The molecule has 1 amide bonds. The Morgan fingerprint density at radius 3 is 2.94 bits per heavy atom. The molecule has 0 aromatic carbocycles. The Bertz CT molecular complexity index is 373. The van der Waals surface area contributed by atoms with Crippen LogP contribution in [0.1, 0.15) is 28.7 Å². The topological polar surface area (TPSA) is 55.3 Å². The molecule has 0 unspecified atom stereocenters. The molecule has 102 valence electrons. The van der Waals surface area contributed by atoms with Crippen molar-refractivity contribution in [2.24, 2.45) is 0 Å². The Morgan fingerprint density at radius 1 is 1.50 bits per heavy atom. The first-order valence-corrected chi connectivity index (χ1v) is 7.21. The molecule has 0 atom stereocenters. The summed E-state index contributed by atoms with van der Waals surface area (Å²) in [6.45, 7) is 3.59. The molecule has 0 bridgehead atoms. The number of aryl methyl sites for hydroxylation is 1. The summed E-state index contributed by atoms with van der Waals surface area (Å²) in [6.07, 6.45) is 1.74. The van der Waals surface area contributed by atoms with Crippen LogP contribution in [-0.4, -0.2) is 53.1 Å². The zero-order chi connectivity index (χ0) is 13.4. The monoisotopic (exact) mass is 291 g/mol. The number of alkyl halides is 1. The molecule has 0 aliphatic rings. The molecular formula is C11H18ClN3O2S. The number of nitrogens with zero attached hydrogens (tertiary/aromatic N) is 3. The zero-order valence-corrected chi connectivity index (χ0v) is 12.3. The van der Waals surface area contributed by atoms with Gasteiger partial charge in [0.2, 0.25) is 0 Å². The number of hydrogen-bond acceptors (Lipinski definition) is 5. The van der Waals surface area contributed by atoms with Crippen molar-refractivity contribution in [3.63, 3.8) is 0 Å². The van der Waals surface area contributed by atoms with E-state index in [2.05, 4.69) is 16.5 Å². The van der Waals surface area contributed by atoms with Gasteiger partial charge in [0, 0.05) is 19.5 Å². The number of likely N-dealkylation sites (N-methyl/N-ethyl adjacent to an activating group) is 1. The van der Waals surface area contributed by atoms with Crippen molar-refractivity contribution >= 4 is 29.0 Å². The minimum atomic E-state index is -0.0390. The molecule has 0 radical (unpaired) electrons. The third kappa shape index (κ3) is 4.51. The fourth-order valence-electron chi connectivity index (χ4n) is 1.40. The lowest BCUT2D eigenvalue weighted by molar-refractivity contribution is 0.0715. The van der Waals surface area contributed by atoms with E-state index in [9.17, 15) is 4.79 Å². The van der Waals surface area contributed by atoms with Crippen LogP contribution in [0.15, 0.2) is 0 Å².